The normalized spacial score (nSPS) is 11.7. The zero-order valence-electron chi connectivity index (χ0n) is 9.71. The second-order valence-electron chi connectivity index (χ2n) is 3.45. The van der Waals surface area contributed by atoms with E-state index in [-0.39, 0.29) is 17.7 Å². The number of carbonyl (C=O) groups is 2. The minimum Gasteiger partial charge on any atom is -0.479 e. The summed E-state index contributed by atoms with van der Waals surface area (Å²) in [6.45, 7) is 1.84. The number of nitrogens with two attached hydrogens (primary N) is 1. The van der Waals surface area contributed by atoms with E-state index in [0.717, 1.165) is 0 Å². The van der Waals surface area contributed by atoms with Crippen LogP contribution in [0.5, 0.6) is 0 Å². The van der Waals surface area contributed by atoms with E-state index >= 15 is 0 Å². The molecule has 0 saturated carbocycles. The molecule has 0 aliphatic carbocycles. The number of hydrogen-bond donors (Lipinski definition) is 4. The highest BCUT2D eigenvalue weighted by Gasteiger charge is 2.19. The first-order valence-electron chi connectivity index (χ1n) is 5.19. The molecule has 5 N–H and O–H groups in total. The predicted molar refractivity (Wildman–Crippen MR) is 62.8 cm³/mol. The Hall–Kier alpha value is -2.12. The number of aliphatic carboxylic acids is 1. The Bertz CT molecular complexity index is 461. The second-order valence-corrected chi connectivity index (χ2v) is 3.45. The SMILES string of the molecule is CCOC(=O)c1cc(NN)cc(C(O)C(=O)O)c1. The van der Waals surface area contributed by atoms with Gasteiger partial charge in [-0.2, -0.15) is 0 Å². The molecule has 0 spiro atoms. The van der Waals surface area contributed by atoms with Crippen molar-refractivity contribution in [2.24, 2.45) is 5.84 Å². The van der Waals surface area contributed by atoms with E-state index in [1.54, 1.807) is 6.92 Å². The van der Waals surface area contributed by atoms with Crippen molar-refractivity contribution in [3.8, 4) is 0 Å². The third-order valence-electron chi connectivity index (χ3n) is 2.18. The molecule has 0 bridgehead atoms. The third kappa shape index (κ3) is 3.19. The molecule has 0 aliphatic rings. The number of nitrogens with one attached hydrogen (secondary N) is 1. The van der Waals surface area contributed by atoms with Crippen molar-refractivity contribution in [3.05, 3.63) is 29.3 Å². The van der Waals surface area contributed by atoms with Crippen LogP contribution in [0, 0.1) is 0 Å². The number of ether oxygens (including phenoxy) is 1. The summed E-state index contributed by atoms with van der Waals surface area (Å²) in [4.78, 5) is 22.2. The number of carbonyl (C=O) groups excluding carboxylic acids is 1. The van der Waals surface area contributed by atoms with Crippen LogP contribution in [0.4, 0.5) is 5.69 Å². The summed E-state index contributed by atoms with van der Waals surface area (Å²) in [5.41, 5.74) is 2.74. The molecule has 1 aromatic rings. The van der Waals surface area contributed by atoms with E-state index in [4.69, 9.17) is 15.7 Å². The number of esters is 1. The highest BCUT2D eigenvalue weighted by Crippen LogP contribution is 2.21. The maximum absolute atomic E-state index is 11.5. The molecule has 1 rings (SSSR count). The van der Waals surface area contributed by atoms with Gasteiger partial charge in [0, 0.05) is 5.69 Å². The number of hydrogen-bond acceptors (Lipinski definition) is 6. The van der Waals surface area contributed by atoms with E-state index in [1.165, 1.54) is 18.2 Å². The van der Waals surface area contributed by atoms with Crippen molar-refractivity contribution in [3.63, 3.8) is 0 Å². The Morgan fingerprint density at radius 2 is 2.11 bits per heavy atom. The van der Waals surface area contributed by atoms with Crippen LogP contribution in [0.15, 0.2) is 18.2 Å². The van der Waals surface area contributed by atoms with Crippen LogP contribution < -0.4 is 11.3 Å². The van der Waals surface area contributed by atoms with Gasteiger partial charge in [-0.25, -0.2) is 9.59 Å². The largest absolute Gasteiger partial charge is 0.479 e. The van der Waals surface area contributed by atoms with Crippen molar-refractivity contribution in [1.82, 2.24) is 0 Å². The lowest BCUT2D eigenvalue weighted by Crippen LogP contribution is -2.15. The fourth-order valence-corrected chi connectivity index (χ4v) is 1.37. The average molecular weight is 254 g/mol. The molecule has 0 fully saturated rings. The first-order chi connectivity index (χ1) is 8.49. The standard InChI is InChI=1S/C11H14N2O5/c1-2-18-11(17)7-3-6(9(14)10(15)16)4-8(5-7)13-12/h3-5,9,13-14H,2,12H2,1H3,(H,15,16). The number of benzene rings is 1. The number of anilines is 1. The van der Waals surface area contributed by atoms with Crippen LogP contribution in [0.25, 0.3) is 0 Å². The van der Waals surface area contributed by atoms with Crippen LogP contribution in [0.3, 0.4) is 0 Å². The molecule has 1 unspecified atom stereocenters. The molecule has 0 saturated heterocycles. The Kier molecular flexibility index (Phi) is 4.64. The highest BCUT2D eigenvalue weighted by molar-refractivity contribution is 5.91. The molecular formula is C11H14N2O5. The summed E-state index contributed by atoms with van der Waals surface area (Å²) in [5, 5.41) is 18.1. The van der Waals surface area contributed by atoms with Gasteiger partial charge < -0.3 is 20.4 Å². The number of hydrazine groups is 1. The van der Waals surface area contributed by atoms with E-state index in [9.17, 15) is 14.7 Å². The minimum atomic E-state index is -1.73. The molecule has 0 amide bonds. The fourth-order valence-electron chi connectivity index (χ4n) is 1.37. The van der Waals surface area contributed by atoms with Crippen molar-refractivity contribution >= 4 is 17.6 Å². The van der Waals surface area contributed by atoms with Crippen molar-refractivity contribution < 1.29 is 24.5 Å². The molecule has 0 aliphatic heterocycles. The van der Waals surface area contributed by atoms with Gasteiger partial charge in [0.15, 0.2) is 6.10 Å². The zero-order valence-corrected chi connectivity index (χ0v) is 9.71. The van der Waals surface area contributed by atoms with Crippen molar-refractivity contribution in [2.75, 3.05) is 12.0 Å². The number of carboxylic acid groups (broad SMARTS) is 1. The molecule has 0 heterocycles. The summed E-state index contributed by atoms with van der Waals surface area (Å²) < 4.78 is 4.79. The first kappa shape index (κ1) is 13.9. The Balaban J connectivity index is 3.16. The minimum absolute atomic E-state index is 0.0426. The number of rotatable bonds is 5. The topological polar surface area (TPSA) is 122 Å². The van der Waals surface area contributed by atoms with E-state index in [0.29, 0.717) is 5.69 Å². The van der Waals surface area contributed by atoms with Gasteiger partial charge in [0.2, 0.25) is 0 Å². The van der Waals surface area contributed by atoms with Gasteiger partial charge in [0.05, 0.1) is 12.2 Å². The number of aliphatic hydroxyl groups excluding tert-OH is 1. The maximum Gasteiger partial charge on any atom is 0.338 e. The molecule has 1 atom stereocenters. The molecule has 98 valence electrons. The number of aliphatic hydroxyl groups is 1. The quantitative estimate of drug-likeness (QED) is 0.338. The van der Waals surface area contributed by atoms with Gasteiger partial charge in [-0.15, -0.1) is 0 Å². The molecule has 1 aromatic carbocycles. The van der Waals surface area contributed by atoms with E-state index in [2.05, 4.69) is 5.43 Å². The summed E-state index contributed by atoms with van der Waals surface area (Å²) in [6.07, 6.45) is -1.73. The zero-order chi connectivity index (χ0) is 13.7. The monoisotopic (exact) mass is 254 g/mol. The smallest absolute Gasteiger partial charge is 0.338 e. The third-order valence-corrected chi connectivity index (χ3v) is 2.18. The lowest BCUT2D eigenvalue weighted by Gasteiger charge is -2.11. The van der Waals surface area contributed by atoms with Crippen LogP contribution in [0.2, 0.25) is 0 Å². The van der Waals surface area contributed by atoms with Crippen molar-refractivity contribution in [2.45, 2.75) is 13.0 Å². The Labute approximate surface area is 103 Å². The van der Waals surface area contributed by atoms with Gasteiger partial charge >= 0.3 is 11.9 Å². The van der Waals surface area contributed by atoms with E-state index < -0.39 is 18.0 Å². The summed E-state index contributed by atoms with van der Waals surface area (Å²) >= 11 is 0. The van der Waals surface area contributed by atoms with Crippen LogP contribution >= 0.6 is 0 Å². The van der Waals surface area contributed by atoms with Gasteiger partial charge in [-0.3, -0.25) is 5.84 Å². The first-order valence-corrected chi connectivity index (χ1v) is 5.19. The van der Waals surface area contributed by atoms with Crippen LogP contribution in [0.1, 0.15) is 28.9 Å². The lowest BCUT2D eigenvalue weighted by atomic mass is 10.0. The highest BCUT2D eigenvalue weighted by atomic mass is 16.5. The van der Waals surface area contributed by atoms with Crippen LogP contribution in [-0.2, 0) is 9.53 Å². The Morgan fingerprint density at radius 1 is 1.44 bits per heavy atom. The maximum atomic E-state index is 11.5. The molecule has 7 heteroatoms. The lowest BCUT2D eigenvalue weighted by molar-refractivity contribution is -0.146. The number of carboxylic acids is 1. The summed E-state index contributed by atoms with van der Waals surface area (Å²) in [6, 6.07) is 3.98. The molecule has 0 aromatic heterocycles. The van der Waals surface area contributed by atoms with Crippen molar-refractivity contribution in [1.29, 1.82) is 0 Å². The molecule has 18 heavy (non-hydrogen) atoms. The van der Waals surface area contributed by atoms with Gasteiger partial charge in [-0.1, -0.05) is 0 Å². The predicted octanol–water partition coefficient (Wildman–Crippen LogP) is 0.267. The summed E-state index contributed by atoms with van der Waals surface area (Å²) in [7, 11) is 0. The van der Waals surface area contributed by atoms with Gasteiger partial charge in [0.25, 0.3) is 0 Å². The average Bonchev–Trinajstić information content (AvgIpc) is 2.37. The Morgan fingerprint density at radius 3 is 2.61 bits per heavy atom. The van der Waals surface area contributed by atoms with Crippen LogP contribution in [-0.4, -0.2) is 28.8 Å². The fraction of sp³-hybridized carbons (Fsp3) is 0.273. The molecule has 7 nitrogen and oxygen atoms in total. The van der Waals surface area contributed by atoms with Gasteiger partial charge in [0.1, 0.15) is 0 Å². The van der Waals surface area contributed by atoms with E-state index in [1.807, 2.05) is 0 Å². The molecule has 0 radical (unpaired) electrons. The molecular weight excluding hydrogens is 240 g/mol. The van der Waals surface area contributed by atoms with Gasteiger partial charge in [-0.05, 0) is 30.7 Å². The number of nitrogen functional groups attached to an aromatic ring is 1. The summed E-state index contributed by atoms with van der Waals surface area (Å²) in [5.74, 6) is 3.17. The second kappa shape index (κ2) is 5.99.